The van der Waals surface area contributed by atoms with Crippen LogP contribution in [-0.2, 0) is 10.0 Å². The lowest BCUT2D eigenvalue weighted by Gasteiger charge is -2.19. The Morgan fingerprint density at radius 3 is 2.39 bits per heavy atom. The first kappa shape index (κ1) is 27.7. The maximum atomic E-state index is 14.6. The van der Waals surface area contributed by atoms with E-state index >= 15 is 0 Å². The summed E-state index contributed by atoms with van der Waals surface area (Å²) in [5.74, 6) is -2.89. The number of hydrogen-bond donors (Lipinski definition) is 2. The van der Waals surface area contributed by atoms with Crippen LogP contribution in [0.5, 0.6) is 5.75 Å². The number of nitrogens with two attached hydrogens (primary N) is 1. The Balaban J connectivity index is 1.89. The highest BCUT2D eigenvalue weighted by atomic mass is 32.2. The molecule has 0 unspecified atom stereocenters. The number of hydrogen-bond acceptors (Lipinski definition) is 5. The minimum Gasteiger partial charge on any atom is -0.432 e. The molecule has 3 aromatic rings. The molecule has 1 amide bonds. The van der Waals surface area contributed by atoms with Crippen molar-refractivity contribution < 1.29 is 44.3 Å². The number of alkyl halides is 5. The van der Waals surface area contributed by atoms with Crippen molar-refractivity contribution in [2.75, 3.05) is 0 Å². The Labute approximate surface area is 212 Å². The molecule has 0 radical (unpaired) electrons. The fourth-order valence-corrected chi connectivity index (χ4v) is 5.76. The van der Waals surface area contributed by atoms with Gasteiger partial charge in [0, 0.05) is 23.7 Å². The number of rotatable bonds is 8. The Hall–Kier alpha value is -3.33. The van der Waals surface area contributed by atoms with Crippen LogP contribution in [0.25, 0.3) is 22.3 Å². The van der Waals surface area contributed by atoms with Gasteiger partial charge in [0.05, 0.1) is 22.5 Å². The van der Waals surface area contributed by atoms with Crippen LogP contribution in [0.15, 0.2) is 35.4 Å². The average Bonchev–Trinajstić information content (AvgIpc) is 3.44. The number of pyridine rings is 1. The molecular weight excluding hydrogens is 542 g/mol. The number of sulfonamides is 1. The first-order chi connectivity index (χ1) is 17.7. The van der Waals surface area contributed by atoms with Gasteiger partial charge in [0.1, 0.15) is 10.9 Å². The van der Waals surface area contributed by atoms with Gasteiger partial charge in [-0.25, -0.2) is 12.8 Å². The highest BCUT2D eigenvalue weighted by Crippen LogP contribution is 2.42. The SMILES string of the molecule is C[C@H](NS(=O)(=O)c1ccc(-c2c(C(N)=O)c3cc(F)c(OC(F)F)cc3n2C2CCCC2)nc1)C(F)(F)F. The molecule has 0 saturated heterocycles. The van der Waals surface area contributed by atoms with Gasteiger partial charge in [-0.05, 0) is 38.0 Å². The zero-order valence-electron chi connectivity index (χ0n) is 19.7. The first-order valence-electron chi connectivity index (χ1n) is 11.4. The summed E-state index contributed by atoms with van der Waals surface area (Å²) >= 11 is 0. The summed E-state index contributed by atoms with van der Waals surface area (Å²) in [5.41, 5.74) is 5.73. The summed E-state index contributed by atoms with van der Waals surface area (Å²) in [6.45, 7) is -2.67. The highest BCUT2D eigenvalue weighted by molar-refractivity contribution is 7.89. The Morgan fingerprint density at radius 2 is 1.87 bits per heavy atom. The second-order valence-electron chi connectivity index (χ2n) is 8.84. The minimum absolute atomic E-state index is 0.0117. The summed E-state index contributed by atoms with van der Waals surface area (Å²) in [6, 6.07) is 1.44. The predicted octanol–water partition coefficient (Wildman–Crippen LogP) is 4.89. The number of halogens is 6. The van der Waals surface area contributed by atoms with E-state index in [4.69, 9.17) is 5.73 Å². The molecule has 0 bridgehead atoms. The third-order valence-electron chi connectivity index (χ3n) is 6.32. The van der Waals surface area contributed by atoms with Gasteiger partial charge in [-0.2, -0.15) is 26.7 Å². The summed E-state index contributed by atoms with van der Waals surface area (Å²) < 4.78 is 111. The van der Waals surface area contributed by atoms with Gasteiger partial charge in [-0.1, -0.05) is 12.8 Å². The Morgan fingerprint density at radius 1 is 1.21 bits per heavy atom. The van der Waals surface area contributed by atoms with Crippen LogP contribution in [0.2, 0.25) is 0 Å². The zero-order chi connectivity index (χ0) is 28.0. The van der Waals surface area contributed by atoms with E-state index < -0.39 is 51.2 Å². The van der Waals surface area contributed by atoms with E-state index in [1.165, 1.54) is 10.8 Å². The van der Waals surface area contributed by atoms with Crippen LogP contribution in [0, 0.1) is 5.82 Å². The van der Waals surface area contributed by atoms with Gasteiger partial charge in [0.2, 0.25) is 10.0 Å². The Bertz CT molecular complexity index is 1470. The molecule has 3 N–H and O–H groups in total. The van der Waals surface area contributed by atoms with E-state index in [0.29, 0.717) is 19.8 Å². The van der Waals surface area contributed by atoms with E-state index in [1.807, 2.05) is 0 Å². The van der Waals surface area contributed by atoms with Crippen molar-refractivity contribution in [2.45, 2.75) is 62.4 Å². The number of carbonyl (C=O) groups excluding carboxylic acids is 1. The second kappa shape index (κ2) is 10.1. The van der Waals surface area contributed by atoms with Crippen LogP contribution in [0.4, 0.5) is 26.3 Å². The second-order valence-corrected chi connectivity index (χ2v) is 10.6. The highest BCUT2D eigenvalue weighted by Gasteiger charge is 2.39. The number of ether oxygens (including phenoxy) is 1. The van der Waals surface area contributed by atoms with Crippen molar-refractivity contribution in [3.8, 4) is 17.1 Å². The van der Waals surface area contributed by atoms with E-state index in [9.17, 15) is 39.6 Å². The van der Waals surface area contributed by atoms with Gasteiger partial charge >= 0.3 is 12.8 Å². The molecule has 0 spiro atoms. The molecule has 1 aliphatic rings. The molecule has 1 aromatic carbocycles. The summed E-state index contributed by atoms with van der Waals surface area (Å²) in [4.78, 5) is 16.1. The number of amides is 1. The number of nitrogens with one attached hydrogen (secondary N) is 1. The third kappa shape index (κ3) is 5.29. The maximum absolute atomic E-state index is 14.6. The maximum Gasteiger partial charge on any atom is 0.404 e. The van der Waals surface area contributed by atoms with Crippen LogP contribution >= 0.6 is 0 Å². The summed E-state index contributed by atoms with van der Waals surface area (Å²) in [5, 5.41) is 0.0117. The monoisotopic (exact) mass is 564 g/mol. The summed E-state index contributed by atoms with van der Waals surface area (Å²) in [7, 11) is -4.61. The van der Waals surface area contributed by atoms with E-state index in [-0.39, 0.29) is 33.9 Å². The van der Waals surface area contributed by atoms with Crippen molar-refractivity contribution in [3.05, 3.63) is 41.8 Å². The van der Waals surface area contributed by atoms with Crippen molar-refractivity contribution in [3.63, 3.8) is 0 Å². The number of carbonyl (C=O) groups is 1. The first-order valence-corrected chi connectivity index (χ1v) is 12.9. The number of fused-ring (bicyclic) bond motifs is 1. The van der Waals surface area contributed by atoms with Crippen molar-refractivity contribution in [1.29, 1.82) is 0 Å². The molecule has 2 heterocycles. The van der Waals surface area contributed by atoms with Gasteiger partial charge in [0.25, 0.3) is 5.91 Å². The topological polar surface area (TPSA) is 116 Å². The van der Waals surface area contributed by atoms with E-state index in [2.05, 4.69) is 9.72 Å². The van der Waals surface area contributed by atoms with Gasteiger partial charge in [-0.15, -0.1) is 0 Å². The van der Waals surface area contributed by atoms with Crippen LogP contribution < -0.4 is 15.2 Å². The fraction of sp³-hybridized carbons (Fsp3) is 0.391. The molecule has 0 aliphatic heterocycles. The molecule has 2 aromatic heterocycles. The molecule has 38 heavy (non-hydrogen) atoms. The van der Waals surface area contributed by atoms with Crippen molar-refractivity contribution in [2.24, 2.45) is 5.73 Å². The van der Waals surface area contributed by atoms with E-state index in [0.717, 1.165) is 37.2 Å². The molecule has 4 rings (SSSR count). The van der Waals surface area contributed by atoms with Crippen LogP contribution in [-0.4, -0.2) is 42.7 Å². The average molecular weight is 565 g/mol. The molecule has 1 saturated carbocycles. The number of nitrogens with zero attached hydrogens (tertiary/aromatic N) is 2. The van der Waals surface area contributed by atoms with Crippen LogP contribution in [0.3, 0.4) is 0 Å². The molecule has 15 heteroatoms. The molecule has 1 atom stereocenters. The van der Waals surface area contributed by atoms with Gasteiger partial charge in [0.15, 0.2) is 11.6 Å². The van der Waals surface area contributed by atoms with Crippen molar-refractivity contribution in [1.82, 2.24) is 14.3 Å². The number of benzene rings is 1. The molecule has 1 aliphatic carbocycles. The largest absolute Gasteiger partial charge is 0.432 e. The lowest BCUT2D eigenvalue weighted by atomic mass is 10.1. The molecule has 206 valence electrons. The predicted molar refractivity (Wildman–Crippen MR) is 124 cm³/mol. The van der Waals surface area contributed by atoms with Gasteiger partial charge in [-0.3, -0.25) is 9.78 Å². The fourth-order valence-electron chi connectivity index (χ4n) is 4.59. The lowest BCUT2D eigenvalue weighted by molar-refractivity contribution is -0.147. The van der Waals surface area contributed by atoms with Gasteiger partial charge < -0.3 is 15.0 Å². The summed E-state index contributed by atoms with van der Waals surface area (Å²) in [6.07, 6.45) is -1.13. The normalized spacial score (nSPS) is 15.9. The standard InChI is InChI=1S/C23H22F6N4O4S/c1-11(23(27,28)29)32-38(35,36)13-6-7-16(31-10-13)20-19(21(30)34)14-8-15(24)18(37-22(25)26)9-17(14)33(20)12-4-2-3-5-12/h6-12,22,32H,2-5H2,1H3,(H2,30,34)/t11-/m0/s1. The number of primary amides is 1. The Kier molecular flexibility index (Phi) is 7.36. The molecular formula is C23H22F6N4O4S. The van der Waals surface area contributed by atoms with Crippen molar-refractivity contribution >= 4 is 26.8 Å². The zero-order valence-corrected chi connectivity index (χ0v) is 20.5. The molecule has 8 nitrogen and oxygen atoms in total. The van der Waals surface area contributed by atoms with Crippen LogP contribution in [0.1, 0.15) is 49.0 Å². The lowest BCUT2D eigenvalue weighted by Crippen LogP contribution is -2.42. The quantitative estimate of drug-likeness (QED) is 0.378. The smallest absolute Gasteiger partial charge is 0.404 e. The molecule has 1 fully saturated rings. The minimum atomic E-state index is -4.82. The number of aromatic nitrogens is 2. The van der Waals surface area contributed by atoms with E-state index in [1.54, 1.807) is 4.57 Å². The third-order valence-corrected chi connectivity index (χ3v) is 7.85.